The zero-order chi connectivity index (χ0) is 14.2. The van der Waals surface area contributed by atoms with Crippen LogP contribution >= 0.6 is 0 Å². The van der Waals surface area contributed by atoms with Crippen molar-refractivity contribution in [3.8, 4) is 0 Å². The molecule has 0 bridgehead atoms. The van der Waals surface area contributed by atoms with E-state index in [4.69, 9.17) is 5.11 Å². The molecule has 0 aliphatic carbocycles. The monoisotopic (exact) mass is 273 g/mol. The number of nitrogens with zero attached hydrogens (tertiary/aromatic N) is 1. The molecule has 1 amide bonds. The predicted octanol–water partition coefficient (Wildman–Crippen LogP) is 3.42. The first-order valence-corrected chi connectivity index (χ1v) is 5.94. The van der Waals surface area contributed by atoms with Gasteiger partial charge in [-0.3, -0.25) is 0 Å². The highest BCUT2D eigenvalue weighted by atomic mass is 19.4. The molecule has 1 aromatic rings. The van der Waals surface area contributed by atoms with Crippen LogP contribution in [0.2, 0.25) is 0 Å². The molecule has 1 fully saturated rings. The van der Waals surface area contributed by atoms with Gasteiger partial charge >= 0.3 is 12.3 Å². The van der Waals surface area contributed by atoms with Crippen LogP contribution in [-0.2, 0) is 6.18 Å². The molecule has 3 nitrogen and oxygen atoms in total. The van der Waals surface area contributed by atoms with Gasteiger partial charge in [-0.15, -0.1) is 0 Å². The number of hydrogen-bond acceptors (Lipinski definition) is 1. The Kier molecular flexibility index (Phi) is 3.43. The van der Waals surface area contributed by atoms with Crippen molar-refractivity contribution in [1.82, 2.24) is 4.90 Å². The van der Waals surface area contributed by atoms with Crippen LogP contribution in [0.3, 0.4) is 0 Å². The molecule has 0 aromatic heterocycles. The first kappa shape index (κ1) is 13.7. The van der Waals surface area contributed by atoms with Crippen molar-refractivity contribution in [1.29, 1.82) is 0 Å². The van der Waals surface area contributed by atoms with E-state index in [9.17, 15) is 18.0 Å². The highest BCUT2D eigenvalue weighted by Gasteiger charge is 2.35. The Morgan fingerprint density at radius 2 is 1.84 bits per heavy atom. The second-order valence-corrected chi connectivity index (χ2v) is 4.86. The summed E-state index contributed by atoms with van der Waals surface area (Å²) < 4.78 is 37.3. The van der Waals surface area contributed by atoms with Gasteiger partial charge in [0.05, 0.1) is 5.56 Å². The Balaban J connectivity index is 2.01. The lowest BCUT2D eigenvalue weighted by atomic mass is 9.82. The molecule has 1 saturated heterocycles. The lowest BCUT2D eigenvalue weighted by molar-refractivity contribution is -0.137. The molecular formula is C13H14F3NO2. The second-order valence-electron chi connectivity index (χ2n) is 4.86. The van der Waals surface area contributed by atoms with Gasteiger partial charge < -0.3 is 10.0 Å². The van der Waals surface area contributed by atoms with Crippen molar-refractivity contribution in [2.75, 3.05) is 13.1 Å². The van der Waals surface area contributed by atoms with Gasteiger partial charge in [-0.05, 0) is 23.6 Å². The Morgan fingerprint density at radius 3 is 2.26 bits per heavy atom. The molecular weight excluding hydrogens is 259 g/mol. The predicted molar refractivity (Wildman–Crippen MR) is 62.9 cm³/mol. The topological polar surface area (TPSA) is 40.5 Å². The summed E-state index contributed by atoms with van der Waals surface area (Å²) in [6.07, 6.45) is -5.27. The maximum Gasteiger partial charge on any atom is 0.416 e. The van der Waals surface area contributed by atoms with E-state index in [2.05, 4.69) is 0 Å². The molecule has 1 aliphatic rings. The van der Waals surface area contributed by atoms with Crippen molar-refractivity contribution < 1.29 is 23.1 Å². The number of carboxylic acid groups (broad SMARTS) is 1. The van der Waals surface area contributed by atoms with E-state index in [1.165, 1.54) is 17.0 Å². The minimum absolute atomic E-state index is 0.0536. The number of carbonyl (C=O) groups is 1. The number of alkyl halides is 3. The molecule has 0 spiro atoms. The Morgan fingerprint density at radius 1 is 1.32 bits per heavy atom. The summed E-state index contributed by atoms with van der Waals surface area (Å²) in [6.45, 7) is 2.79. The molecule has 1 aliphatic heterocycles. The highest BCUT2D eigenvalue weighted by Crippen LogP contribution is 2.34. The summed E-state index contributed by atoms with van der Waals surface area (Å²) in [6, 6.07) is 5.08. The highest BCUT2D eigenvalue weighted by molar-refractivity contribution is 5.66. The number of halogens is 3. The van der Waals surface area contributed by atoms with Crippen molar-refractivity contribution in [3.63, 3.8) is 0 Å². The lowest BCUT2D eigenvalue weighted by Crippen LogP contribution is -2.51. The fourth-order valence-electron chi connectivity index (χ4n) is 2.23. The molecule has 1 atom stereocenters. The van der Waals surface area contributed by atoms with Gasteiger partial charge in [0.2, 0.25) is 0 Å². The summed E-state index contributed by atoms with van der Waals surface area (Å²) in [7, 11) is 0. The quantitative estimate of drug-likeness (QED) is 0.897. The van der Waals surface area contributed by atoms with E-state index in [1.54, 1.807) is 0 Å². The number of hydrogen-bond donors (Lipinski definition) is 1. The van der Waals surface area contributed by atoms with Crippen molar-refractivity contribution in [3.05, 3.63) is 35.4 Å². The molecule has 6 heteroatoms. The van der Waals surface area contributed by atoms with E-state index in [1.807, 2.05) is 6.92 Å². The molecule has 1 aromatic carbocycles. The number of benzene rings is 1. The number of likely N-dealkylation sites (tertiary alicyclic amines) is 1. The fourth-order valence-corrected chi connectivity index (χ4v) is 2.23. The Labute approximate surface area is 108 Å². The van der Waals surface area contributed by atoms with Gasteiger partial charge in [-0.2, -0.15) is 13.2 Å². The van der Waals surface area contributed by atoms with Crippen LogP contribution in [-0.4, -0.2) is 29.2 Å². The molecule has 1 heterocycles. The zero-order valence-electron chi connectivity index (χ0n) is 10.3. The van der Waals surface area contributed by atoms with Crippen LogP contribution < -0.4 is 0 Å². The van der Waals surface area contributed by atoms with Gasteiger partial charge in [-0.25, -0.2) is 4.79 Å². The lowest BCUT2D eigenvalue weighted by Gasteiger charge is -2.40. The third kappa shape index (κ3) is 2.83. The van der Waals surface area contributed by atoms with Gasteiger partial charge in [-0.1, -0.05) is 19.1 Å². The van der Waals surface area contributed by atoms with Crippen molar-refractivity contribution in [2.45, 2.75) is 19.0 Å². The summed E-state index contributed by atoms with van der Waals surface area (Å²) in [5.74, 6) is 0.228. The average molecular weight is 273 g/mol. The minimum atomic E-state index is -4.32. The molecule has 19 heavy (non-hydrogen) atoms. The Hall–Kier alpha value is -1.72. The maximum atomic E-state index is 12.4. The molecule has 2 rings (SSSR count). The SMILES string of the molecule is CC(c1ccc(C(F)(F)F)cc1)C1CN(C(=O)O)C1. The minimum Gasteiger partial charge on any atom is -0.465 e. The third-order valence-electron chi connectivity index (χ3n) is 3.65. The first-order valence-electron chi connectivity index (χ1n) is 5.94. The molecule has 104 valence electrons. The van der Waals surface area contributed by atoms with Crippen molar-refractivity contribution in [2.24, 2.45) is 5.92 Å². The van der Waals surface area contributed by atoms with Gasteiger partial charge in [0, 0.05) is 19.0 Å². The largest absolute Gasteiger partial charge is 0.465 e. The van der Waals surface area contributed by atoms with Crippen LogP contribution in [0.15, 0.2) is 24.3 Å². The maximum absolute atomic E-state index is 12.4. The van der Waals surface area contributed by atoms with Gasteiger partial charge in [0.25, 0.3) is 0 Å². The fraction of sp³-hybridized carbons (Fsp3) is 0.462. The first-order chi connectivity index (χ1) is 8.79. The smallest absolute Gasteiger partial charge is 0.416 e. The third-order valence-corrected chi connectivity index (χ3v) is 3.65. The molecule has 1 N–H and O–H groups in total. The molecule has 1 unspecified atom stereocenters. The summed E-state index contributed by atoms with van der Waals surface area (Å²) >= 11 is 0. The van der Waals surface area contributed by atoms with Crippen molar-refractivity contribution >= 4 is 6.09 Å². The summed E-state index contributed by atoms with van der Waals surface area (Å²) in [5.41, 5.74) is 0.146. The van der Waals surface area contributed by atoms with E-state index in [0.29, 0.717) is 13.1 Å². The van der Waals surface area contributed by atoms with Crippen LogP contribution in [0, 0.1) is 5.92 Å². The van der Waals surface area contributed by atoms with Gasteiger partial charge in [0.1, 0.15) is 0 Å². The zero-order valence-corrected chi connectivity index (χ0v) is 10.3. The standard InChI is InChI=1S/C13H14F3NO2/c1-8(10-6-17(7-10)12(18)19)9-2-4-11(5-3-9)13(14,15)16/h2-5,8,10H,6-7H2,1H3,(H,18,19). The summed E-state index contributed by atoms with van der Waals surface area (Å²) in [4.78, 5) is 11.9. The molecule has 0 saturated carbocycles. The second kappa shape index (κ2) is 4.75. The summed E-state index contributed by atoms with van der Waals surface area (Å²) in [5, 5.41) is 8.73. The van der Waals surface area contributed by atoms with Gasteiger partial charge in [0.15, 0.2) is 0 Å². The van der Waals surface area contributed by atoms with E-state index < -0.39 is 17.8 Å². The average Bonchev–Trinajstić information content (AvgIpc) is 2.25. The molecule has 0 radical (unpaired) electrons. The Bertz CT molecular complexity index is 464. The van der Waals surface area contributed by atoms with E-state index in [-0.39, 0.29) is 11.8 Å². The van der Waals surface area contributed by atoms with Crippen LogP contribution in [0.4, 0.5) is 18.0 Å². The number of rotatable bonds is 2. The normalized spacial score (nSPS) is 18.0. The van der Waals surface area contributed by atoms with Crippen LogP contribution in [0.5, 0.6) is 0 Å². The van der Waals surface area contributed by atoms with E-state index in [0.717, 1.165) is 17.7 Å². The van der Waals surface area contributed by atoms with Crippen LogP contribution in [0.1, 0.15) is 24.0 Å². The number of amides is 1. The van der Waals surface area contributed by atoms with E-state index >= 15 is 0 Å². The van der Waals surface area contributed by atoms with Crippen LogP contribution in [0.25, 0.3) is 0 Å².